The fourth-order valence-corrected chi connectivity index (χ4v) is 8.26. The van der Waals surface area contributed by atoms with Gasteiger partial charge in [-0.3, -0.25) is 0 Å². The summed E-state index contributed by atoms with van der Waals surface area (Å²) in [6.07, 6.45) is 0. The molecule has 0 fully saturated rings. The summed E-state index contributed by atoms with van der Waals surface area (Å²) in [5.41, 5.74) is 11.8. The van der Waals surface area contributed by atoms with Gasteiger partial charge in [-0.15, -0.1) is 0 Å². The Bertz CT molecular complexity index is 3160. The lowest BCUT2D eigenvalue weighted by molar-refractivity contribution is 1.07. The Morgan fingerprint density at radius 1 is 0.268 bits per heavy atom. The molecule has 0 radical (unpaired) electrons. The quantitative estimate of drug-likeness (QED) is 0.172. The van der Waals surface area contributed by atoms with Crippen LogP contribution >= 0.6 is 0 Å². The molecule has 5 heteroatoms. The number of aromatic nitrogens is 5. The lowest BCUT2D eigenvalue weighted by Gasteiger charge is -2.14. The van der Waals surface area contributed by atoms with Crippen molar-refractivity contribution in [3.63, 3.8) is 0 Å². The van der Waals surface area contributed by atoms with E-state index >= 15 is 0 Å². The minimum absolute atomic E-state index is 0.617. The molecule has 0 atom stereocenters. The lowest BCUT2D eigenvalue weighted by atomic mass is 10.0. The smallest absolute Gasteiger partial charge is 0.164 e. The summed E-state index contributed by atoms with van der Waals surface area (Å²) in [6, 6.07) is 70.3. The van der Waals surface area contributed by atoms with Gasteiger partial charge >= 0.3 is 0 Å². The summed E-state index contributed by atoms with van der Waals surface area (Å²) in [4.78, 5) is 15.3. The molecule has 0 saturated heterocycles. The van der Waals surface area contributed by atoms with Gasteiger partial charge in [0.05, 0.1) is 22.1 Å². The summed E-state index contributed by atoms with van der Waals surface area (Å²) < 4.78 is 4.80. The van der Waals surface area contributed by atoms with Crippen LogP contribution in [-0.4, -0.2) is 24.1 Å². The molecule has 0 bridgehead atoms. The van der Waals surface area contributed by atoms with E-state index in [1.807, 2.05) is 60.7 Å². The molecule has 3 aromatic heterocycles. The fraction of sp³-hybridized carbons (Fsp3) is 0. The van der Waals surface area contributed by atoms with E-state index in [0.717, 1.165) is 50.2 Å². The maximum absolute atomic E-state index is 5.15. The standard InChI is InChI=1S/C51H33N5/c1-5-17-34(18-6-1)37-31-38(51-53-49(35-19-7-2-8-20-35)52-50(54-51)36-21-9-3-10-22-36)33-40(32-37)56-44-28-16-14-26-42(44)48-46(56)30-29-45-47(48)41-25-13-15-27-43(41)55(45)39-23-11-4-12-24-39/h1-33H. The van der Waals surface area contributed by atoms with Crippen LogP contribution in [0.4, 0.5) is 0 Å². The number of benzene rings is 8. The van der Waals surface area contributed by atoms with Crippen LogP contribution in [0.3, 0.4) is 0 Å². The lowest BCUT2D eigenvalue weighted by Crippen LogP contribution is -2.01. The maximum atomic E-state index is 5.15. The number of nitrogens with zero attached hydrogens (tertiary/aromatic N) is 5. The van der Waals surface area contributed by atoms with Gasteiger partial charge in [0.25, 0.3) is 0 Å². The van der Waals surface area contributed by atoms with Gasteiger partial charge in [0.2, 0.25) is 0 Å². The summed E-state index contributed by atoms with van der Waals surface area (Å²) in [5, 5.41) is 4.90. The van der Waals surface area contributed by atoms with Crippen LogP contribution in [0.1, 0.15) is 0 Å². The van der Waals surface area contributed by atoms with Crippen molar-refractivity contribution in [3.05, 3.63) is 200 Å². The molecule has 0 saturated carbocycles. The molecule has 262 valence electrons. The minimum atomic E-state index is 0.617. The van der Waals surface area contributed by atoms with E-state index in [9.17, 15) is 0 Å². The van der Waals surface area contributed by atoms with Crippen molar-refractivity contribution >= 4 is 43.6 Å². The molecule has 56 heavy (non-hydrogen) atoms. The molecule has 5 nitrogen and oxygen atoms in total. The predicted octanol–water partition coefficient (Wildman–Crippen LogP) is 12.7. The Balaban J connectivity index is 1.21. The van der Waals surface area contributed by atoms with E-state index in [1.54, 1.807) is 0 Å². The number of rotatable bonds is 6. The highest BCUT2D eigenvalue weighted by molar-refractivity contribution is 6.28. The first-order chi connectivity index (χ1) is 27.8. The Labute approximate surface area is 323 Å². The van der Waals surface area contributed by atoms with Crippen LogP contribution in [0.5, 0.6) is 0 Å². The Kier molecular flexibility index (Phi) is 7.42. The van der Waals surface area contributed by atoms with Gasteiger partial charge in [0, 0.05) is 49.6 Å². The molecule has 0 aliphatic heterocycles. The molecule has 0 spiro atoms. The van der Waals surface area contributed by atoms with Crippen LogP contribution < -0.4 is 0 Å². The number of hydrogen-bond acceptors (Lipinski definition) is 3. The molecule has 8 aromatic carbocycles. The molecule has 0 amide bonds. The van der Waals surface area contributed by atoms with Crippen LogP contribution in [0.15, 0.2) is 200 Å². The van der Waals surface area contributed by atoms with Gasteiger partial charge < -0.3 is 9.13 Å². The van der Waals surface area contributed by atoms with E-state index in [0.29, 0.717) is 17.5 Å². The summed E-state index contributed by atoms with van der Waals surface area (Å²) >= 11 is 0. The summed E-state index contributed by atoms with van der Waals surface area (Å²) in [7, 11) is 0. The highest BCUT2D eigenvalue weighted by Gasteiger charge is 2.22. The van der Waals surface area contributed by atoms with Gasteiger partial charge in [-0.05, 0) is 65.7 Å². The van der Waals surface area contributed by atoms with Crippen molar-refractivity contribution < 1.29 is 0 Å². The molecule has 11 aromatic rings. The highest BCUT2D eigenvalue weighted by Crippen LogP contribution is 2.43. The van der Waals surface area contributed by atoms with Crippen molar-refractivity contribution in [2.75, 3.05) is 0 Å². The average molecular weight is 716 g/mol. The molecular formula is C51H33N5. The van der Waals surface area contributed by atoms with Crippen molar-refractivity contribution in [2.45, 2.75) is 0 Å². The molecule has 0 aliphatic rings. The summed E-state index contributed by atoms with van der Waals surface area (Å²) in [5.74, 6) is 1.89. The first-order valence-electron chi connectivity index (χ1n) is 18.9. The Morgan fingerprint density at radius 3 is 1.18 bits per heavy atom. The Morgan fingerprint density at radius 2 is 0.661 bits per heavy atom. The second-order valence-corrected chi connectivity index (χ2v) is 14.1. The number of para-hydroxylation sites is 3. The molecule has 3 heterocycles. The zero-order chi connectivity index (χ0) is 37.0. The van der Waals surface area contributed by atoms with Crippen LogP contribution in [0, 0.1) is 0 Å². The largest absolute Gasteiger partial charge is 0.309 e. The van der Waals surface area contributed by atoms with E-state index in [1.165, 1.54) is 32.6 Å². The second-order valence-electron chi connectivity index (χ2n) is 14.1. The third-order valence-electron chi connectivity index (χ3n) is 10.7. The maximum Gasteiger partial charge on any atom is 0.164 e. The van der Waals surface area contributed by atoms with E-state index in [2.05, 4.69) is 149 Å². The third kappa shape index (κ3) is 5.21. The van der Waals surface area contributed by atoms with Crippen LogP contribution in [-0.2, 0) is 0 Å². The van der Waals surface area contributed by atoms with Crippen molar-refractivity contribution in [1.82, 2.24) is 24.1 Å². The van der Waals surface area contributed by atoms with Crippen molar-refractivity contribution in [2.24, 2.45) is 0 Å². The highest BCUT2D eigenvalue weighted by atomic mass is 15.0. The zero-order valence-corrected chi connectivity index (χ0v) is 30.3. The molecule has 0 aliphatic carbocycles. The van der Waals surface area contributed by atoms with Crippen molar-refractivity contribution in [1.29, 1.82) is 0 Å². The summed E-state index contributed by atoms with van der Waals surface area (Å²) in [6.45, 7) is 0. The van der Waals surface area contributed by atoms with E-state index in [4.69, 9.17) is 15.0 Å². The molecule has 0 unspecified atom stereocenters. The van der Waals surface area contributed by atoms with Gasteiger partial charge in [-0.1, -0.05) is 146 Å². The average Bonchev–Trinajstić information content (AvgIpc) is 3.80. The zero-order valence-electron chi connectivity index (χ0n) is 30.3. The first-order valence-corrected chi connectivity index (χ1v) is 18.9. The van der Waals surface area contributed by atoms with Crippen molar-refractivity contribution in [3.8, 4) is 56.7 Å². The SMILES string of the molecule is c1ccc(-c2cc(-c3nc(-c4ccccc4)nc(-c4ccccc4)n3)cc(-n3c4ccccc4c4c5c6ccccc6n(-c6ccccc6)c5ccc43)c2)cc1. The first kappa shape index (κ1) is 31.9. The van der Waals surface area contributed by atoms with Crippen LogP contribution in [0.25, 0.3) is 100 Å². The van der Waals surface area contributed by atoms with Gasteiger partial charge in [-0.25, -0.2) is 15.0 Å². The number of hydrogen-bond donors (Lipinski definition) is 0. The van der Waals surface area contributed by atoms with E-state index < -0.39 is 0 Å². The monoisotopic (exact) mass is 715 g/mol. The predicted molar refractivity (Wildman–Crippen MR) is 230 cm³/mol. The second kappa shape index (κ2) is 13.0. The fourth-order valence-electron chi connectivity index (χ4n) is 8.26. The van der Waals surface area contributed by atoms with Gasteiger partial charge in [0.1, 0.15) is 0 Å². The molecule has 0 N–H and O–H groups in total. The normalized spacial score (nSPS) is 11.6. The van der Waals surface area contributed by atoms with Gasteiger partial charge in [-0.2, -0.15) is 0 Å². The topological polar surface area (TPSA) is 48.5 Å². The third-order valence-corrected chi connectivity index (χ3v) is 10.7. The minimum Gasteiger partial charge on any atom is -0.309 e. The molecular weight excluding hydrogens is 683 g/mol. The van der Waals surface area contributed by atoms with E-state index in [-0.39, 0.29) is 0 Å². The Hall–Kier alpha value is -7.63. The van der Waals surface area contributed by atoms with Gasteiger partial charge in [0.15, 0.2) is 17.5 Å². The van der Waals surface area contributed by atoms with Crippen LogP contribution in [0.2, 0.25) is 0 Å². The molecule has 11 rings (SSSR count). The number of fused-ring (bicyclic) bond motifs is 7.